The third-order valence-electron chi connectivity index (χ3n) is 11.0. The summed E-state index contributed by atoms with van der Waals surface area (Å²) in [5.41, 5.74) is 5.64. The van der Waals surface area contributed by atoms with Crippen LogP contribution >= 0.6 is 0 Å². The van der Waals surface area contributed by atoms with Crippen LogP contribution in [0.2, 0.25) is 0 Å². The first-order valence-corrected chi connectivity index (χ1v) is 22.9. The summed E-state index contributed by atoms with van der Waals surface area (Å²) in [7, 11) is 2.11. The Bertz CT molecular complexity index is 1010. The molecule has 0 spiro atoms. The number of hydrogen-bond acceptors (Lipinski definition) is 7. The minimum absolute atomic E-state index is 0.00844. The van der Waals surface area contributed by atoms with Crippen molar-refractivity contribution in [2.75, 3.05) is 33.4 Å². The predicted octanol–water partition coefficient (Wildman–Crippen LogP) is 12.9. The van der Waals surface area contributed by atoms with Crippen LogP contribution in [-0.2, 0) is 28.6 Å². The maximum absolute atomic E-state index is 13.1. The molecule has 0 saturated carbocycles. The smallest absolute Gasteiger partial charge is 0.308 e. The van der Waals surface area contributed by atoms with Crippen molar-refractivity contribution < 1.29 is 28.6 Å². The highest BCUT2D eigenvalue weighted by atomic mass is 16.5. The van der Waals surface area contributed by atoms with E-state index in [9.17, 15) is 14.4 Å². The highest BCUT2D eigenvalue weighted by Gasteiger charge is 2.19. The molecule has 0 aliphatic heterocycles. The molecule has 7 nitrogen and oxygen atoms in total. The summed E-state index contributed by atoms with van der Waals surface area (Å²) in [6.07, 6.45) is 29.8. The monoisotopic (exact) mass is 774 g/mol. The van der Waals surface area contributed by atoms with Gasteiger partial charge in [0.15, 0.2) is 0 Å². The lowest BCUT2D eigenvalue weighted by Gasteiger charge is -2.21. The molecular weight excluding hydrogens is 687 g/mol. The number of ether oxygens (including phenoxy) is 3. The Morgan fingerprint density at radius 2 is 1.07 bits per heavy atom. The SMILES string of the molecule is C=C=C=CC(CCCC)CCOC(=O)CCCCCCCCCC(CCCCCCCCCC(=O)OCCC(C)CCCC)C(=O)OCCCN(C)C(C)C. The van der Waals surface area contributed by atoms with Crippen molar-refractivity contribution in [3.05, 3.63) is 24.1 Å². The Morgan fingerprint density at radius 1 is 0.582 bits per heavy atom. The molecule has 0 aromatic rings. The Morgan fingerprint density at radius 3 is 1.58 bits per heavy atom. The van der Waals surface area contributed by atoms with Gasteiger partial charge in [0, 0.05) is 25.4 Å². The van der Waals surface area contributed by atoms with Crippen LogP contribution in [0.3, 0.4) is 0 Å². The van der Waals surface area contributed by atoms with E-state index in [-0.39, 0.29) is 23.8 Å². The summed E-state index contributed by atoms with van der Waals surface area (Å²) in [6, 6.07) is 0.488. The van der Waals surface area contributed by atoms with Crippen LogP contribution < -0.4 is 0 Å². The van der Waals surface area contributed by atoms with Crippen molar-refractivity contribution in [3.8, 4) is 0 Å². The maximum atomic E-state index is 13.1. The first-order valence-electron chi connectivity index (χ1n) is 22.9. The molecule has 7 heteroatoms. The lowest BCUT2D eigenvalue weighted by Crippen LogP contribution is -2.28. The number of carbonyl (C=O) groups is 3. The molecule has 0 radical (unpaired) electrons. The minimum atomic E-state index is -0.0883. The van der Waals surface area contributed by atoms with Crippen LogP contribution in [0.1, 0.15) is 208 Å². The summed E-state index contributed by atoms with van der Waals surface area (Å²) < 4.78 is 16.7. The number of hydrogen-bond donors (Lipinski definition) is 0. The zero-order chi connectivity index (χ0) is 40.8. The van der Waals surface area contributed by atoms with Gasteiger partial charge in [-0.1, -0.05) is 141 Å². The van der Waals surface area contributed by atoms with Crippen LogP contribution in [0.5, 0.6) is 0 Å². The highest BCUT2D eigenvalue weighted by molar-refractivity contribution is 5.72. The fourth-order valence-corrected chi connectivity index (χ4v) is 6.82. The van der Waals surface area contributed by atoms with Crippen LogP contribution in [0.4, 0.5) is 0 Å². The normalized spacial score (nSPS) is 12.9. The van der Waals surface area contributed by atoms with E-state index in [1.165, 1.54) is 32.1 Å². The molecule has 0 N–H and O–H groups in total. The molecule has 0 aromatic carbocycles. The van der Waals surface area contributed by atoms with Gasteiger partial charge in [-0.3, -0.25) is 14.4 Å². The molecule has 0 aliphatic rings. The Labute approximate surface area is 339 Å². The standard InChI is InChI=1S/C48H87NO6/c1-8-11-29-43(6)36-40-53-46(50)34-26-22-18-14-16-20-24-32-45(48(52)55-39-28-38-49(7)42(4)5)33-25-21-17-15-19-23-27-35-47(51)54-41-37-44(30-12-9-2)31-13-10-3/h30,42-45H,2,8,10-11,13-29,31-41H2,1,3-7H3. The fourth-order valence-electron chi connectivity index (χ4n) is 6.82. The van der Waals surface area contributed by atoms with Crippen molar-refractivity contribution in [1.29, 1.82) is 0 Å². The van der Waals surface area contributed by atoms with Gasteiger partial charge in [0.2, 0.25) is 0 Å². The topological polar surface area (TPSA) is 82.1 Å². The van der Waals surface area contributed by atoms with Crippen molar-refractivity contribution in [2.45, 2.75) is 214 Å². The summed E-state index contributed by atoms with van der Waals surface area (Å²) in [4.78, 5) is 39.7. The van der Waals surface area contributed by atoms with Gasteiger partial charge in [-0.05, 0) is 96.8 Å². The van der Waals surface area contributed by atoms with Crippen LogP contribution in [0.25, 0.3) is 0 Å². The van der Waals surface area contributed by atoms with Gasteiger partial charge in [0.05, 0.1) is 25.7 Å². The van der Waals surface area contributed by atoms with Crippen LogP contribution in [0.15, 0.2) is 24.1 Å². The third-order valence-corrected chi connectivity index (χ3v) is 11.0. The van der Waals surface area contributed by atoms with E-state index >= 15 is 0 Å². The number of unbranched alkanes of at least 4 members (excludes halogenated alkanes) is 14. The second-order valence-electron chi connectivity index (χ2n) is 16.5. The van der Waals surface area contributed by atoms with E-state index in [0.29, 0.717) is 50.5 Å². The molecule has 3 atom stereocenters. The Kier molecular flexibility index (Phi) is 36.9. The molecule has 0 aliphatic carbocycles. The predicted molar refractivity (Wildman–Crippen MR) is 230 cm³/mol. The number of allylic oxidation sites excluding steroid dienone is 1. The Balaban J connectivity index is 4.27. The summed E-state index contributed by atoms with van der Waals surface area (Å²) in [5, 5.41) is 0. The molecule has 0 fully saturated rings. The van der Waals surface area contributed by atoms with Crippen molar-refractivity contribution >= 4 is 17.9 Å². The van der Waals surface area contributed by atoms with Gasteiger partial charge in [0.25, 0.3) is 0 Å². The largest absolute Gasteiger partial charge is 0.466 e. The van der Waals surface area contributed by atoms with Crippen molar-refractivity contribution in [2.24, 2.45) is 17.8 Å². The molecule has 0 saturated heterocycles. The lowest BCUT2D eigenvalue weighted by molar-refractivity contribution is -0.149. The zero-order valence-corrected chi connectivity index (χ0v) is 36.9. The van der Waals surface area contributed by atoms with Gasteiger partial charge >= 0.3 is 17.9 Å². The molecular formula is C48H87NO6. The van der Waals surface area contributed by atoms with E-state index in [0.717, 1.165) is 135 Å². The molecule has 0 heterocycles. The number of carbonyl (C=O) groups excluding carboxylic acids is 3. The fraction of sp³-hybridized carbons (Fsp3) is 0.854. The molecule has 0 amide bonds. The first-order chi connectivity index (χ1) is 26.6. The summed E-state index contributed by atoms with van der Waals surface area (Å²) >= 11 is 0. The number of esters is 3. The third kappa shape index (κ3) is 34.6. The maximum Gasteiger partial charge on any atom is 0.308 e. The average Bonchev–Trinajstić information content (AvgIpc) is 3.16. The van der Waals surface area contributed by atoms with Crippen LogP contribution in [-0.4, -0.2) is 62.3 Å². The molecule has 320 valence electrons. The molecule has 55 heavy (non-hydrogen) atoms. The van der Waals surface area contributed by atoms with E-state index in [4.69, 9.17) is 14.2 Å². The number of nitrogens with zero attached hydrogens (tertiary/aromatic N) is 1. The minimum Gasteiger partial charge on any atom is -0.466 e. The molecule has 0 aromatic heterocycles. The van der Waals surface area contributed by atoms with Crippen molar-refractivity contribution in [1.82, 2.24) is 4.90 Å². The second-order valence-corrected chi connectivity index (χ2v) is 16.5. The van der Waals surface area contributed by atoms with Gasteiger partial charge in [-0.15, -0.1) is 0 Å². The zero-order valence-electron chi connectivity index (χ0n) is 36.9. The highest BCUT2D eigenvalue weighted by Crippen LogP contribution is 2.22. The van der Waals surface area contributed by atoms with E-state index in [2.05, 4.69) is 64.6 Å². The number of rotatable bonds is 39. The quantitative estimate of drug-likeness (QED) is 0.0266. The molecule has 0 rings (SSSR count). The van der Waals surface area contributed by atoms with Crippen molar-refractivity contribution in [3.63, 3.8) is 0 Å². The van der Waals surface area contributed by atoms with E-state index in [1.807, 2.05) is 6.08 Å². The summed E-state index contributed by atoms with van der Waals surface area (Å²) in [6.45, 7) is 17.0. The van der Waals surface area contributed by atoms with Gasteiger partial charge in [0.1, 0.15) is 0 Å². The molecule has 0 bridgehead atoms. The average molecular weight is 774 g/mol. The van der Waals surface area contributed by atoms with Gasteiger partial charge in [-0.25, -0.2) is 0 Å². The van der Waals surface area contributed by atoms with Crippen LogP contribution in [0, 0.1) is 17.8 Å². The summed E-state index contributed by atoms with van der Waals surface area (Å²) in [5.74, 6) is 0.835. The Hall–Kier alpha value is -2.33. The first kappa shape index (κ1) is 52.7. The van der Waals surface area contributed by atoms with Gasteiger partial charge < -0.3 is 19.1 Å². The second kappa shape index (κ2) is 38.5. The molecule has 3 unspecified atom stereocenters. The van der Waals surface area contributed by atoms with Gasteiger partial charge in [-0.2, -0.15) is 0 Å². The van der Waals surface area contributed by atoms with E-state index in [1.54, 1.807) is 0 Å². The van der Waals surface area contributed by atoms with E-state index < -0.39 is 0 Å². The lowest BCUT2D eigenvalue weighted by atomic mass is 9.94.